The SMILES string of the molecule is NC(=S)c1cnc(NCCOCC(F)(F)F)cn1. The minimum absolute atomic E-state index is 0.0851. The second kappa shape index (κ2) is 6.45. The summed E-state index contributed by atoms with van der Waals surface area (Å²) in [6.45, 7) is -1.16. The Labute approximate surface area is 107 Å². The van der Waals surface area contributed by atoms with Crippen LogP contribution in [0.25, 0.3) is 0 Å². The number of aromatic nitrogens is 2. The van der Waals surface area contributed by atoms with Crippen LogP contribution in [0.4, 0.5) is 19.0 Å². The molecule has 0 spiro atoms. The summed E-state index contributed by atoms with van der Waals surface area (Å²) < 4.78 is 39.6. The Hall–Kier alpha value is -1.48. The van der Waals surface area contributed by atoms with E-state index >= 15 is 0 Å². The van der Waals surface area contributed by atoms with Crippen LogP contribution in [0.5, 0.6) is 0 Å². The fourth-order valence-corrected chi connectivity index (χ4v) is 1.09. The molecule has 18 heavy (non-hydrogen) atoms. The number of nitrogens with two attached hydrogens (primary N) is 1. The van der Waals surface area contributed by atoms with Crippen molar-refractivity contribution in [3.05, 3.63) is 18.1 Å². The van der Waals surface area contributed by atoms with Gasteiger partial charge in [-0.25, -0.2) is 9.97 Å². The number of anilines is 1. The third-order valence-electron chi connectivity index (χ3n) is 1.72. The van der Waals surface area contributed by atoms with Crippen LogP contribution in [0.1, 0.15) is 5.69 Å². The normalized spacial score (nSPS) is 11.3. The summed E-state index contributed by atoms with van der Waals surface area (Å²) in [6, 6.07) is 0. The first kappa shape index (κ1) is 14.6. The van der Waals surface area contributed by atoms with Gasteiger partial charge in [0.25, 0.3) is 0 Å². The first-order chi connectivity index (χ1) is 8.38. The summed E-state index contributed by atoms with van der Waals surface area (Å²) in [5.74, 6) is 0.408. The zero-order valence-corrected chi connectivity index (χ0v) is 10.0. The molecule has 100 valence electrons. The minimum Gasteiger partial charge on any atom is -0.388 e. The van der Waals surface area contributed by atoms with Crippen LogP contribution >= 0.6 is 12.2 Å². The summed E-state index contributed by atoms with van der Waals surface area (Å²) in [5, 5.41) is 2.75. The van der Waals surface area contributed by atoms with Gasteiger partial charge in [0.15, 0.2) is 0 Å². The van der Waals surface area contributed by atoms with Crippen LogP contribution in [-0.4, -0.2) is 40.9 Å². The topological polar surface area (TPSA) is 73.1 Å². The Kier molecular flexibility index (Phi) is 5.23. The van der Waals surface area contributed by atoms with Gasteiger partial charge in [0.1, 0.15) is 23.1 Å². The van der Waals surface area contributed by atoms with Crippen LogP contribution in [0.2, 0.25) is 0 Å². The number of hydrogen-bond donors (Lipinski definition) is 2. The van der Waals surface area contributed by atoms with Crippen molar-refractivity contribution in [1.82, 2.24) is 9.97 Å². The maximum absolute atomic E-state index is 11.7. The van der Waals surface area contributed by atoms with Crippen LogP contribution in [-0.2, 0) is 4.74 Å². The van der Waals surface area contributed by atoms with E-state index in [1.54, 1.807) is 0 Å². The Bertz CT molecular complexity index is 396. The molecule has 1 aromatic heterocycles. The Morgan fingerprint density at radius 1 is 1.39 bits per heavy atom. The van der Waals surface area contributed by atoms with Crippen molar-refractivity contribution in [3.8, 4) is 0 Å². The molecule has 0 atom stereocenters. The molecule has 1 aromatic rings. The molecule has 0 aromatic carbocycles. The van der Waals surface area contributed by atoms with Gasteiger partial charge in [-0.1, -0.05) is 12.2 Å². The largest absolute Gasteiger partial charge is 0.411 e. The van der Waals surface area contributed by atoms with Gasteiger partial charge in [0, 0.05) is 6.54 Å². The Balaban J connectivity index is 2.25. The molecule has 5 nitrogen and oxygen atoms in total. The van der Waals surface area contributed by atoms with E-state index in [4.69, 9.17) is 18.0 Å². The van der Waals surface area contributed by atoms with Crippen molar-refractivity contribution < 1.29 is 17.9 Å². The van der Waals surface area contributed by atoms with E-state index in [-0.39, 0.29) is 18.1 Å². The number of ether oxygens (including phenoxy) is 1. The molecule has 0 saturated carbocycles. The molecular formula is C9H11F3N4OS. The molecule has 0 amide bonds. The number of nitrogens with one attached hydrogen (secondary N) is 1. The van der Waals surface area contributed by atoms with E-state index in [1.807, 2.05) is 0 Å². The van der Waals surface area contributed by atoms with Gasteiger partial charge in [0.2, 0.25) is 0 Å². The van der Waals surface area contributed by atoms with Gasteiger partial charge in [0.05, 0.1) is 19.0 Å². The van der Waals surface area contributed by atoms with E-state index in [1.165, 1.54) is 12.4 Å². The summed E-state index contributed by atoms with van der Waals surface area (Å²) in [7, 11) is 0. The zero-order chi connectivity index (χ0) is 13.6. The molecular weight excluding hydrogens is 269 g/mol. The molecule has 0 aliphatic heterocycles. The smallest absolute Gasteiger partial charge is 0.388 e. The molecule has 0 aliphatic carbocycles. The third kappa shape index (κ3) is 5.73. The molecule has 0 fully saturated rings. The average Bonchev–Trinajstić information content (AvgIpc) is 2.27. The lowest BCUT2D eigenvalue weighted by Crippen LogP contribution is -2.20. The lowest BCUT2D eigenvalue weighted by molar-refractivity contribution is -0.172. The Morgan fingerprint density at radius 3 is 2.61 bits per heavy atom. The van der Waals surface area contributed by atoms with E-state index in [0.29, 0.717) is 11.5 Å². The van der Waals surface area contributed by atoms with Crippen molar-refractivity contribution in [2.45, 2.75) is 6.18 Å². The number of alkyl halides is 3. The quantitative estimate of drug-likeness (QED) is 0.600. The van der Waals surface area contributed by atoms with Crippen molar-refractivity contribution >= 4 is 23.0 Å². The average molecular weight is 280 g/mol. The maximum atomic E-state index is 11.7. The Morgan fingerprint density at radius 2 is 2.11 bits per heavy atom. The first-order valence-corrected chi connectivity index (χ1v) is 5.29. The molecule has 0 radical (unpaired) electrons. The van der Waals surface area contributed by atoms with Gasteiger partial charge in [-0.05, 0) is 0 Å². The molecule has 0 unspecified atom stereocenters. The highest BCUT2D eigenvalue weighted by Gasteiger charge is 2.27. The molecule has 1 heterocycles. The van der Waals surface area contributed by atoms with Crippen LogP contribution in [0.3, 0.4) is 0 Å². The summed E-state index contributed by atoms with van der Waals surface area (Å²) >= 11 is 4.69. The van der Waals surface area contributed by atoms with Crippen molar-refractivity contribution in [3.63, 3.8) is 0 Å². The summed E-state index contributed by atoms with van der Waals surface area (Å²) in [5.41, 5.74) is 5.70. The van der Waals surface area contributed by atoms with E-state index in [2.05, 4.69) is 20.0 Å². The molecule has 9 heteroatoms. The third-order valence-corrected chi connectivity index (χ3v) is 1.93. The highest BCUT2D eigenvalue weighted by molar-refractivity contribution is 7.80. The van der Waals surface area contributed by atoms with Gasteiger partial charge in [-0.3, -0.25) is 0 Å². The first-order valence-electron chi connectivity index (χ1n) is 4.89. The number of nitrogens with zero attached hydrogens (tertiary/aromatic N) is 2. The lowest BCUT2D eigenvalue weighted by Gasteiger charge is -2.08. The van der Waals surface area contributed by atoms with Gasteiger partial charge < -0.3 is 15.8 Å². The molecule has 0 saturated heterocycles. The number of rotatable bonds is 6. The zero-order valence-electron chi connectivity index (χ0n) is 9.20. The molecule has 3 N–H and O–H groups in total. The van der Waals surface area contributed by atoms with Gasteiger partial charge in [-0.15, -0.1) is 0 Å². The highest BCUT2D eigenvalue weighted by atomic mass is 32.1. The molecule has 1 rings (SSSR count). The number of halogens is 3. The molecule has 0 bridgehead atoms. The fourth-order valence-electron chi connectivity index (χ4n) is 0.986. The van der Waals surface area contributed by atoms with Crippen molar-refractivity contribution in [1.29, 1.82) is 0 Å². The standard InChI is InChI=1S/C9H11F3N4OS/c10-9(11,12)5-17-2-1-14-7-4-15-6(3-16-7)8(13)18/h3-4H,1-2,5H2,(H2,13,18)(H,14,16). The highest BCUT2D eigenvalue weighted by Crippen LogP contribution is 2.14. The van der Waals surface area contributed by atoms with Gasteiger partial charge >= 0.3 is 6.18 Å². The minimum atomic E-state index is -4.31. The van der Waals surface area contributed by atoms with E-state index < -0.39 is 12.8 Å². The van der Waals surface area contributed by atoms with Crippen LogP contribution < -0.4 is 11.1 Å². The van der Waals surface area contributed by atoms with Crippen LogP contribution in [0, 0.1) is 0 Å². The second-order valence-corrected chi connectivity index (χ2v) is 3.69. The summed E-state index contributed by atoms with van der Waals surface area (Å²) in [6.07, 6.45) is -1.54. The van der Waals surface area contributed by atoms with Crippen molar-refractivity contribution in [2.75, 3.05) is 25.1 Å². The maximum Gasteiger partial charge on any atom is 0.411 e. The van der Waals surface area contributed by atoms with Gasteiger partial charge in [-0.2, -0.15) is 13.2 Å². The number of hydrogen-bond acceptors (Lipinski definition) is 5. The summed E-state index contributed by atoms with van der Waals surface area (Å²) in [4.78, 5) is 7.96. The molecule has 0 aliphatic rings. The van der Waals surface area contributed by atoms with Crippen LogP contribution in [0.15, 0.2) is 12.4 Å². The van der Waals surface area contributed by atoms with Crippen molar-refractivity contribution in [2.24, 2.45) is 5.73 Å². The monoisotopic (exact) mass is 280 g/mol. The van der Waals surface area contributed by atoms with E-state index in [0.717, 1.165) is 0 Å². The predicted octanol–water partition coefficient (Wildman–Crippen LogP) is 1.10. The predicted molar refractivity (Wildman–Crippen MR) is 63.3 cm³/mol. The number of thiocarbonyl (C=S) groups is 1. The lowest BCUT2D eigenvalue weighted by atomic mass is 10.4. The van der Waals surface area contributed by atoms with E-state index in [9.17, 15) is 13.2 Å². The second-order valence-electron chi connectivity index (χ2n) is 3.25. The fraction of sp³-hybridized carbons (Fsp3) is 0.444.